The molecule has 0 saturated carbocycles. The molecular formula is C24H52O4Si. The van der Waals surface area contributed by atoms with Crippen LogP contribution in [0.3, 0.4) is 0 Å². The molecule has 29 heavy (non-hydrogen) atoms. The minimum atomic E-state index is -2.97. The van der Waals surface area contributed by atoms with E-state index in [1.807, 2.05) is 13.8 Å². The van der Waals surface area contributed by atoms with E-state index < -0.39 is 9.05 Å². The van der Waals surface area contributed by atoms with Gasteiger partial charge in [-0.15, -0.1) is 0 Å². The molecule has 176 valence electrons. The Morgan fingerprint density at radius 1 is 0.379 bits per heavy atom. The van der Waals surface area contributed by atoms with E-state index in [2.05, 4.69) is 13.8 Å². The van der Waals surface area contributed by atoms with Crippen molar-refractivity contribution in [2.75, 3.05) is 26.4 Å². The van der Waals surface area contributed by atoms with E-state index in [0.29, 0.717) is 26.4 Å². The van der Waals surface area contributed by atoms with Crippen LogP contribution in [0.4, 0.5) is 0 Å². The molecule has 0 aromatic rings. The molecule has 0 bridgehead atoms. The molecular weight excluding hydrogens is 380 g/mol. The molecule has 0 unspecified atom stereocenters. The average Bonchev–Trinajstić information content (AvgIpc) is 2.72. The summed E-state index contributed by atoms with van der Waals surface area (Å²) in [6.45, 7) is 11.0. The second-order valence-electron chi connectivity index (χ2n) is 8.01. The van der Waals surface area contributed by atoms with Crippen LogP contribution in [0.2, 0.25) is 0 Å². The Kier molecular flexibility index (Phi) is 22.8. The Balaban J connectivity index is 3.96. The highest BCUT2D eigenvalue weighted by Gasteiger charge is 2.44. The summed E-state index contributed by atoms with van der Waals surface area (Å²) >= 11 is 0. The summed E-state index contributed by atoms with van der Waals surface area (Å²) in [7, 11) is -2.97. The fraction of sp³-hybridized carbons (Fsp3) is 1.00. The molecule has 4 nitrogen and oxygen atoms in total. The molecule has 5 heteroatoms. The van der Waals surface area contributed by atoms with Gasteiger partial charge in [-0.2, -0.15) is 0 Å². The number of hydrogen-bond acceptors (Lipinski definition) is 4. The van der Waals surface area contributed by atoms with Gasteiger partial charge in [-0.05, 0) is 26.7 Å². The minimum absolute atomic E-state index is 0.571. The van der Waals surface area contributed by atoms with Crippen molar-refractivity contribution in [3.8, 4) is 0 Å². The Hall–Kier alpha value is 0.0569. The van der Waals surface area contributed by atoms with E-state index in [1.54, 1.807) is 0 Å². The highest BCUT2D eigenvalue weighted by molar-refractivity contribution is 6.53. The number of rotatable bonds is 24. The van der Waals surface area contributed by atoms with Gasteiger partial charge in [-0.1, -0.05) is 104 Å². The van der Waals surface area contributed by atoms with E-state index in [4.69, 9.17) is 17.7 Å². The minimum Gasteiger partial charge on any atom is -0.351 e. The molecule has 0 atom stereocenters. The quantitative estimate of drug-likeness (QED) is 0.115. The van der Waals surface area contributed by atoms with E-state index in [0.717, 1.165) is 12.8 Å². The molecule has 0 fully saturated rings. The first-order valence-electron chi connectivity index (χ1n) is 12.8. The van der Waals surface area contributed by atoms with Crippen LogP contribution < -0.4 is 0 Å². The summed E-state index contributed by atoms with van der Waals surface area (Å²) in [6.07, 6.45) is 20.7. The predicted molar refractivity (Wildman–Crippen MR) is 126 cm³/mol. The van der Waals surface area contributed by atoms with Gasteiger partial charge in [0.15, 0.2) is 0 Å². The largest absolute Gasteiger partial charge is 0.679 e. The van der Waals surface area contributed by atoms with E-state index in [-0.39, 0.29) is 0 Å². The lowest BCUT2D eigenvalue weighted by Gasteiger charge is -2.27. The van der Waals surface area contributed by atoms with Gasteiger partial charge in [0.2, 0.25) is 0 Å². The van der Waals surface area contributed by atoms with Crippen molar-refractivity contribution < 1.29 is 17.7 Å². The highest BCUT2D eigenvalue weighted by Crippen LogP contribution is 2.16. The number of hydrogen-bond donors (Lipinski definition) is 0. The van der Waals surface area contributed by atoms with Gasteiger partial charge >= 0.3 is 9.05 Å². The van der Waals surface area contributed by atoms with Crippen LogP contribution in [0.25, 0.3) is 0 Å². The summed E-state index contributed by atoms with van der Waals surface area (Å²) in [5.74, 6) is 0. The third kappa shape index (κ3) is 18.5. The Morgan fingerprint density at radius 3 is 1.00 bits per heavy atom. The lowest BCUT2D eigenvalue weighted by atomic mass is 10.1. The third-order valence-electron chi connectivity index (χ3n) is 5.20. The third-order valence-corrected chi connectivity index (χ3v) is 7.60. The summed E-state index contributed by atoms with van der Waals surface area (Å²) < 4.78 is 24.0. The van der Waals surface area contributed by atoms with Crippen LogP contribution in [0.1, 0.15) is 130 Å². The maximum Gasteiger partial charge on any atom is 0.679 e. The van der Waals surface area contributed by atoms with E-state index >= 15 is 0 Å². The van der Waals surface area contributed by atoms with Crippen molar-refractivity contribution in [3.05, 3.63) is 0 Å². The molecule has 0 aliphatic heterocycles. The van der Waals surface area contributed by atoms with Crippen LogP contribution >= 0.6 is 0 Å². The van der Waals surface area contributed by atoms with Crippen LogP contribution in [0, 0.1) is 0 Å². The van der Waals surface area contributed by atoms with Gasteiger partial charge in [0, 0.05) is 26.4 Å². The molecule has 0 aromatic heterocycles. The second kappa shape index (κ2) is 22.7. The fourth-order valence-electron chi connectivity index (χ4n) is 3.47. The average molecular weight is 433 g/mol. The smallest absolute Gasteiger partial charge is 0.351 e. The zero-order chi connectivity index (χ0) is 21.5. The van der Waals surface area contributed by atoms with Crippen molar-refractivity contribution in [2.45, 2.75) is 130 Å². The maximum absolute atomic E-state index is 6.10. The highest BCUT2D eigenvalue weighted by atomic mass is 28.4. The van der Waals surface area contributed by atoms with Gasteiger partial charge in [0.25, 0.3) is 0 Å². The second-order valence-corrected chi connectivity index (χ2v) is 10.2. The van der Waals surface area contributed by atoms with E-state index in [9.17, 15) is 0 Å². The molecule has 0 spiro atoms. The molecule has 0 N–H and O–H groups in total. The van der Waals surface area contributed by atoms with Crippen molar-refractivity contribution in [1.82, 2.24) is 0 Å². The maximum atomic E-state index is 6.10. The summed E-state index contributed by atoms with van der Waals surface area (Å²) in [5, 5.41) is 0. The first-order chi connectivity index (χ1) is 14.2. The molecule has 0 aliphatic rings. The van der Waals surface area contributed by atoms with Gasteiger partial charge in [-0.3, -0.25) is 0 Å². The Morgan fingerprint density at radius 2 is 0.690 bits per heavy atom. The normalized spacial score (nSPS) is 12.0. The molecule has 0 aromatic carbocycles. The Labute approximate surface area is 183 Å². The predicted octanol–water partition coefficient (Wildman–Crippen LogP) is 7.81. The SMILES string of the molecule is CCCCCCCCCCO[Si](OCC)(OCC)OCCCCCCCCCC. The van der Waals surface area contributed by atoms with Crippen LogP contribution in [-0.2, 0) is 17.7 Å². The monoisotopic (exact) mass is 432 g/mol. The fourth-order valence-corrected chi connectivity index (χ4v) is 5.47. The van der Waals surface area contributed by atoms with Gasteiger partial charge < -0.3 is 17.7 Å². The lowest BCUT2D eigenvalue weighted by molar-refractivity contribution is -0.0313. The summed E-state index contributed by atoms with van der Waals surface area (Å²) in [5.41, 5.74) is 0. The lowest BCUT2D eigenvalue weighted by Crippen LogP contribution is -2.49. The summed E-state index contributed by atoms with van der Waals surface area (Å²) in [6, 6.07) is 0. The van der Waals surface area contributed by atoms with Gasteiger partial charge in [0.1, 0.15) is 0 Å². The zero-order valence-corrected chi connectivity index (χ0v) is 21.3. The van der Waals surface area contributed by atoms with Gasteiger partial charge in [0.05, 0.1) is 0 Å². The number of unbranched alkanes of at least 4 members (excludes halogenated alkanes) is 14. The van der Waals surface area contributed by atoms with Gasteiger partial charge in [-0.25, -0.2) is 0 Å². The van der Waals surface area contributed by atoms with Crippen molar-refractivity contribution in [3.63, 3.8) is 0 Å². The Bertz CT molecular complexity index is 285. The van der Waals surface area contributed by atoms with Crippen molar-refractivity contribution in [1.29, 1.82) is 0 Å². The molecule has 0 heterocycles. The molecule has 0 aliphatic carbocycles. The molecule has 0 radical (unpaired) electrons. The first-order valence-corrected chi connectivity index (χ1v) is 14.4. The van der Waals surface area contributed by atoms with Crippen LogP contribution in [-0.4, -0.2) is 35.5 Å². The van der Waals surface area contributed by atoms with E-state index in [1.165, 1.54) is 89.9 Å². The van der Waals surface area contributed by atoms with Crippen LogP contribution in [0.5, 0.6) is 0 Å². The standard InChI is InChI=1S/C24H52O4Si/c1-5-9-11-13-15-17-19-21-23-27-29(25-7-3,26-8-4)28-24-22-20-18-16-14-12-10-6-2/h5-24H2,1-4H3. The molecule has 0 amide bonds. The summed E-state index contributed by atoms with van der Waals surface area (Å²) in [4.78, 5) is 0. The van der Waals surface area contributed by atoms with Crippen LogP contribution in [0.15, 0.2) is 0 Å². The zero-order valence-electron chi connectivity index (χ0n) is 20.3. The molecule has 0 rings (SSSR count). The topological polar surface area (TPSA) is 36.9 Å². The molecule has 0 saturated heterocycles. The first kappa shape index (κ1) is 29.1. The van der Waals surface area contributed by atoms with Crippen molar-refractivity contribution in [2.24, 2.45) is 0 Å². The van der Waals surface area contributed by atoms with Crippen molar-refractivity contribution >= 4 is 9.05 Å².